The number of hydrogen-bond acceptors (Lipinski definition) is 3. The lowest BCUT2D eigenvalue weighted by Crippen LogP contribution is -2.51. The van der Waals surface area contributed by atoms with Crippen LogP contribution in [0.4, 0.5) is 13.2 Å². The number of halogens is 3. The third-order valence-corrected chi connectivity index (χ3v) is 6.74. The third kappa shape index (κ3) is 4.46. The smallest absolute Gasteiger partial charge is 0.263 e. The van der Waals surface area contributed by atoms with Gasteiger partial charge in [-0.15, -0.1) is 0 Å². The quantitative estimate of drug-likeness (QED) is 0.725. The van der Waals surface area contributed by atoms with Crippen LogP contribution in [0.5, 0.6) is 0 Å². The van der Waals surface area contributed by atoms with E-state index < -0.39 is 12.6 Å². The molecule has 1 amide bonds. The predicted octanol–water partition coefficient (Wildman–Crippen LogP) is 3.92. The van der Waals surface area contributed by atoms with Gasteiger partial charge in [0.2, 0.25) is 5.91 Å². The van der Waals surface area contributed by atoms with Crippen molar-refractivity contribution in [2.45, 2.75) is 50.9 Å². The molecule has 30 heavy (non-hydrogen) atoms. The van der Waals surface area contributed by atoms with Crippen molar-refractivity contribution in [3.8, 4) is 0 Å². The number of hydrogen-bond donors (Lipinski definition) is 0. The molecule has 7 heteroatoms. The first-order valence-electron chi connectivity index (χ1n) is 10.7. The van der Waals surface area contributed by atoms with Crippen molar-refractivity contribution in [1.29, 1.82) is 0 Å². The molecule has 0 N–H and O–H groups in total. The molecular weight excluding hydrogens is 393 g/mol. The molecule has 3 aliphatic rings. The van der Waals surface area contributed by atoms with E-state index in [2.05, 4.69) is 0 Å². The number of likely N-dealkylation sites (tertiary alicyclic amines) is 2. The lowest BCUT2D eigenvalue weighted by atomic mass is 9.77. The van der Waals surface area contributed by atoms with Gasteiger partial charge in [-0.05, 0) is 49.3 Å². The summed E-state index contributed by atoms with van der Waals surface area (Å²) in [5.41, 5.74) is 0.785. The molecule has 1 aliphatic carbocycles. The van der Waals surface area contributed by atoms with Gasteiger partial charge in [-0.1, -0.05) is 30.3 Å². The van der Waals surface area contributed by atoms with E-state index in [1.165, 1.54) is 12.1 Å². The molecule has 0 spiro atoms. The highest BCUT2D eigenvalue weighted by atomic mass is 19.3. The number of amides is 1. The van der Waals surface area contributed by atoms with E-state index in [0.29, 0.717) is 45.3 Å². The summed E-state index contributed by atoms with van der Waals surface area (Å²) in [4.78, 5) is 28.0. The van der Waals surface area contributed by atoms with Gasteiger partial charge in [0.25, 0.3) is 6.43 Å². The molecule has 0 aromatic heterocycles. The standard InChI is InChI=1S/C23H27F3N2O2/c24-20-14-27(11-9-19(20)16-5-7-18(29)8-6-16)21-10-12-28(23(21)30)13-15-1-3-17(4-2-15)22(25)26/h1-5,7,16,19-22H,6,8-14H2. The fourth-order valence-corrected chi connectivity index (χ4v) is 5.00. The number of rotatable bonds is 5. The van der Waals surface area contributed by atoms with E-state index in [0.717, 1.165) is 5.56 Å². The Balaban J connectivity index is 1.33. The van der Waals surface area contributed by atoms with Crippen LogP contribution in [0.25, 0.3) is 0 Å². The first-order chi connectivity index (χ1) is 14.4. The van der Waals surface area contributed by atoms with Crippen molar-refractivity contribution in [3.63, 3.8) is 0 Å². The Morgan fingerprint density at radius 3 is 2.43 bits per heavy atom. The lowest BCUT2D eigenvalue weighted by Gasteiger charge is -2.40. The van der Waals surface area contributed by atoms with E-state index in [1.807, 2.05) is 11.0 Å². The summed E-state index contributed by atoms with van der Waals surface area (Å²) in [5, 5.41) is 0. The Hall–Kier alpha value is -2.15. The van der Waals surface area contributed by atoms with Gasteiger partial charge >= 0.3 is 0 Å². The highest BCUT2D eigenvalue weighted by molar-refractivity contribution is 5.90. The summed E-state index contributed by atoms with van der Waals surface area (Å²) < 4.78 is 40.4. The molecule has 2 aliphatic heterocycles. The van der Waals surface area contributed by atoms with Crippen LogP contribution in [0.2, 0.25) is 0 Å². The van der Waals surface area contributed by atoms with E-state index in [4.69, 9.17) is 0 Å². The van der Waals surface area contributed by atoms with Crippen LogP contribution in [0.1, 0.15) is 43.2 Å². The van der Waals surface area contributed by atoms with Gasteiger partial charge in [0.15, 0.2) is 5.78 Å². The van der Waals surface area contributed by atoms with E-state index in [1.54, 1.807) is 23.1 Å². The molecule has 162 valence electrons. The van der Waals surface area contributed by atoms with Gasteiger partial charge in [-0.3, -0.25) is 14.5 Å². The number of carbonyl (C=O) groups excluding carboxylic acids is 2. The second-order valence-corrected chi connectivity index (χ2v) is 8.60. The van der Waals surface area contributed by atoms with Crippen LogP contribution in [-0.2, 0) is 16.1 Å². The molecule has 4 unspecified atom stereocenters. The third-order valence-electron chi connectivity index (χ3n) is 6.74. The highest BCUT2D eigenvalue weighted by Gasteiger charge is 2.41. The van der Waals surface area contributed by atoms with Crippen LogP contribution in [0.15, 0.2) is 36.4 Å². The monoisotopic (exact) mass is 420 g/mol. The van der Waals surface area contributed by atoms with Crippen molar-refractivity contribution < 1.29 is 22.8 Å². The Morgan fingerprint density at radius 1 is 1.03 bits per heavy atom. The SMILES string of the molecule is O=C1C=CC(C2CCN(C3CCN(Cc4ccc(C(F)F)cc4)C3=O)CC2F)CC1. The van der Waals surface area contributed by atoms with Crippen molar-refractivity contribution >= 4 is 11.7 Å². The molecule has 2 heterocycles. The normalized spacial score (nSPS) is 30.5. The minimum atomic E-state index is -2.50. The van der Waals surface area contributed by atoms with Crippen molar-refractivity contribution in [1.82, 2.24) is 9.80 Å². The van der Waals surface area contributed by atoms with E-state index in [9.17, 15) is 22.8 Å². The largest absolute Gasteiger partial charge is 0.337 e. The number of piperidine rings is 1. The Labute approximate surface area is 174 Å². The van der Waals surface area contributed by atoms with Crippen LogP contribution in [0.3, 0.4) is 0 Å². The highest BCUT2D eigenvalue weighted by Crippen LogP contribution is 2.35. The molecule has 0 bridgehead atoms. The Bertz CT molecular complexity index is 811. The minimum Gasteiger partial charge on any atom is -0.337 e. The number of carbonyl (C=O) groups is 2. The van der Waals surface area contributed by atoms with Crippen molar-refractivity contribution in [2.75, 3.05) is 19.6 Å². The van der Waals surface area contributed by atoms with Crippen LogP contribution < -0.4 is 0 Å². The van der Waals surface area contributed by atoms with Gasteiger partial charge in [-0.25, -0.2) is 13.2 Å². The average Bonchev–Trinajstić information content (AvgIpc) is 3.09. The molecule has 0 saturated carbocycles. The number of allylic oxidation sites excluding steroid dienone is 2. The molecule has 2 fully saturated rings. The van der Waals surface area contributed by atoms with Crippen LogP contribution in [-0.4, -0.2) is 53.3 Å². The molecule has 1 aromatic carbocycles. The maximum Gasteiger partial charge on any atom is 0.263 e. The van der Waals surface area contributed by atoms with Gasteiger partial charge in [0.1, 0.15) is 6.17 Å². The van der Waals surface area contributed by atoms with E-state index in [-0.39, 0.29) is 41.7 Å². The summed E-state index contributed by atoms with van der Waals surface area (Å²) in [7, 11) is 0. The zero-order valence-electron chi connectivity index (χ0n) is 16.9. The average molecular weight is 420 g/mol. The molecule has 4 atom stereocenters. The zero-order chi connectivity index (χ0) is 21.3. The summed E-state index contributed by atoms with van der Waals surface area (Å²) in [6.07, 6.45) is 2.47. The van der Waals surface area contributed by atoms with Crippen LogP contribution >= 0.6 is 0 Å². The van der Waals surface area contributed by atoms with Gasteiger partial charge in [0, 0.05) is 31.6 Å². The first-order valence-corrected chi connectivity index (χ1v) is 10.7. The van der Waals surface area contributed by atoms with E-state index >= 15 is 0 Å². The zero-order valence-corrected chi connectivity index (χ0v) is 16.9. The van der Waals surface area contributed by atoms with Crippen molar-refractivity contribution in [3.05, 3.63) is 47.5 Å². The number of nitrogens with zero attached hydrogens (tertiary/aromatic N) is 2. The molecule has 4 rings (SSSR count). The maximum atomic E-state index is 15.0. The predicted molar refractivity (Wildman–Crippen MR) is 107 cm³/mol. The topological polar surface area (TPSA) is 40.6 Å². The summed E-state index contributed by atoms with van der Waals surface area (Å²) in [6.45, 7) is 1.90. The molecule has 2 saturated heterocycles. The fraction of sp³-hybridized carbons (Fsp3) is 0.565. The second-order valence-electron chi connectivity index (χ2n) is 8.60. The fourth-order valence-electron chi connectivity index (χ4n) is 5.00. The summed E-state index contributed by atoms with van der Waals surface area (Å²) in [5.74, 6) is 0.111. The number of ketones is 1. The number of alkyl halides is 3. The molecule has 1 aromatic rings. The van der Waals surface area contributed by atoms with Gasteiger partial charge in [-0.2, -0.15) is 0 Å². The second kappa shape index (κ2) is 8.92. The maximum absolute atomic E-state index is 15.0. The van der Waals surface area contributed by atoms with Gasteiger partial charge in [0.05, 0.1) is 6.04 Å². The number of benzene rings is 1. The Kier molecular flexibility index (Phi) is 6.27. The molecule has 0 radical (unpaired) electrons. The summed E-state index contributed by atoms with van der Waals surface area (Å²) in [6, 6.07) is 5.74. The minimum absolute atomic E-state index is 0.0123. The lowest BCUT2D eigenvalue weighted by molar-refractivity contribution is -0.133. The van der Waals surface area contributed by atoms with Gasteiger partial charge < -0.3 is 4.90 Å². The van der Waals surface area contributed by atoms with Crippen LogP contribution in [0, 0.1) is 11.8 Å². The first kappa shape index (κ1) is 21.1. The summed E-state index contributed by atoms with van der Waals surface area (Å²) >= 11 is 0. The molecular formula is C23H27F3N2O2. The van der Waals surface area contributed by atoms with Crippen molar-refractivity contribution in [2.24, 2.45) is 11.8 Å². The molecule has 4 nitrogen and oxygen atoms in total. The Morgan fingerprint density at radius 2 is 1.80 bits per heavy atom.